The normalized spacial score (nSPS) is 45.1. The summed E-state index contributed by atoms with van der Waals surface area (Å²) in [6.45, 7) is 1.19. The Kier molecular flexibility index (Phi) is 2.24. The molecule has 1 spiro atoms. The lowest BCUT2D eigenvalue weighted by Gasteiger charge is -2.24. The molecule has 16 heavy (non-hydrogen) atoms. The second kappa shape index (κ2) is 3.42. The number of rotatable bonds is 1. The van der Waals surface area contributed by atoms with Crippen LogP contribution < -0.4 is 0 Å². The molecule has 0 bridgehead atoms. The van der Waals surface area contributed by atoms with E-state index in [0.29, 0.717) is 26.1 Å². The van der Waals surface area contributed by atoms with E-state index in [1.54, 1.807) is 0 Å². The molecule has 4 atom stereocenters. The van der Waals surface area contributed by atoms with Gasteiger partial charge in [0.2, 0.25) is 0 Å². The van der Waals surface area contributed by atoms with E-state index in [1.165, 1.54) is 0 Å². The van der Waals surface area contributed by atoms with Gasteiger partial charge in [-0.1, -0.05) is 0 Å². The smallest absolute Gasteiger partial charge is 0.309 e. The van der Waals surface area contributed by atoms with Gasteiger partial charge in [-0.15, -0.1) is 0 Å². The summed E-state index contributed by atoms with van der Waals surface area (Å²) in [6, 6.07) is 0. The standard InChI is InChI=1S/C11H16O5/c12-8-3-6-4-11(15-1-2-16-11)5-7(6)9(8)10(13)14/h6-9,12H,1-5H2,(H,13,14)/t6-,7+,8+,9+/m0/s1. The van der Waals surface area contributed by atoms with Crippen molar-refractivity contribution in [2.75, 3.05) is 13.2 Å². The lowest BCUT2D eigenvalue weighted by atomic mass is 9.91. The molecule has 3 rings (SSSR count). The third-order valence-electron chi connectivity index (χ3n) is 4.24. The van der Waals surface area contributed by atoms with Crippen molar-refractivity contribution < 1.29 is 24.5 Å². The number of carboxylic acids is 1. The molecule has 0 aromatic rings. The Morgan fingerprint density at radius 1 is 1.25 bits per heavy atom. The van der Waals surface area contributed by atoms with Crippen LogP contribution in [0.5, 0.6) is 0 Å². The summed E-state index contributed by atoms with van der Waals surface area (Å²) >= 11 is 0. The quantitative estimate of drug-likeness (QED) is 0.671. The van der Waals surface area contributed by atoms with E-state index in [-0.39, 0.29) is 11.8 Å². The second-order valence-electron chi connectivity index (χ2n) is 5.11. The molecule has 0 radical (unpaired) electrons. The highest BCUT2D eigenvalue weighted by Crippen LogP contribution is 2.54. The first kappa shape index (κ1) is 10.5. The van der Waals surface area contributed by atoms with E-state index in [0.717, 1.165) is 6.42 Å². The first-order chi connectivity index (χ1) is 7.61. The van der Waals surface area contributed by atoms with E-state index in [1.807, 2.05) is 0 Å². The van der Waals surface area contributed by atoms with Crippen molar-refractivity contribution in [3.8, 4) is 0 Å². The van der Waals surface area contributed by atoms with Crippen molar-refractivity contribution in [2.24, 2.45) is 17.8 Å². The lowest BCUT2D eigenvalue weighted by Crippen LogP contribution is -2.32. The van der Waals surface area contributed by atoms with Crippen molar-refractivity contribution in [1.82, 2.24) is 0 Å². The van der Waals surface area contributed by atoms with Crippen LogP contribution in [-0.2, 0) is 14.3 Å². The van der Waals surface area contributed by atoms with Crippen molar-refractivity contribution in [3.05, 3.63) is 0 Å². The molecule has 1 heterocycles. The predicted octanol–water partition coefficient (Wildman–Crippen LogP) is 0.221. The molecule has 0 aromatic heterocycles. The van der Waals surface area contributed by atoms with E-state index in [2.05, 4.69) is 0 Å². The number of aliphatic hydroxyl groups excluding tert-OH is 1. The number of ether oxygens (including phenoxy) is 2. The first-order valence-electron chi connectivity index (χ1n) is 5.80. The highest BCUT2D eigenvalue weighted by Gasteiger charge is 2.58. The molecule has 2 N–H and O–H groups in total. The fourth-order valence-electron chi connectivity index (χ4n) is 3.66. The van der Waals surface area contributed by atoms with Gasteiger partial charge in [-0.25, -0.2) is 0 Å². The molecule has 3 aliphatic rings. The average Bonchev–Trinajstić information content (AvgIpc) is 2.81. The minimum atomic E-state index is -0.893. The molecule has 1 aliphatic heterocycles. The molecule has 0 aromatic carbocycles. The second-order valence-corrected chi connectivity index (χ2v) is 5.11. The van der Waals surface area contributed by atoms with E-state index in [4.69, 9.17) is 14.6 Å². The molecule has 5 nitrogen and oxygen atoms in total. The van der Waals surface area contributed by atoms with Crippen LogP contribution in [0.15, 0.2) is 0 Å². The Labute approximate surface area is 93.3 Å². The average molecular weight is 228 g/mol. The van der Waals surface area contributed by atoms with Crippen LogP contribution in [0.4, 0.5) is 0 Å². The Balaban J connectivity index is 1.80. The molecule has 0 unspecified atom stereocenters. The van der Waals surface area contributed by atoms with Crippen LogP contribution in [0.3, 0.4) is 0 Å². The van der Waals surface area contributed by atoms with Crippen molar-refractivity contribution in [2.45, 2.75) is 31.2 Å². The molecule has 2 aliphatic carbocycles. The lowest BCUT2D eigenvalue weighted by molar-refractivity contribution is -0.162. The number of carbonyl (C=O) groups is 1. The van der Waals surface area contributed by atoms with Gasteiger partial charge in [0.1, 0.15) is 0 Å². The van der Waals surface area contributed by atoms with Gasteiger partial charge in [-0.3, -0.25) is 4.79 Å². The van der Waals surface area contributed by atoms with Crippen molar-refractivity contribution in [3.63, 3.8) is 0 Å². The fraction of sp³-hybridized carbons (Fsp3) is 0.909. The number of aliphatic hydroxyl groups is 1. The maximum Gasteiger partial charge on any atom is 0.309 e. The molecule has 3 fully saturated rings. The summed E-state index contributed by atoms with van der Waals surface area (Å²) in [7, 11) is 0. The van der Waals surface area contributed by atoms with Gasteiger partial charge in [-0.2, -0.15) is 0 Å². The maximum absolute atomic E-state index is 11.1. The van der Waals surface area contributed by atoms with Crippen LogP contribution in [0.2, 0.25) is 0 Å². The molecule has 90 valence electrons. The summed E-state index contributed by atoms with van der Waals surface area (Å²) in [5.74, 6) is -1.84. The van der Waals surface area contributed by atoms with Crippen LogP contribution in [-0.4, -0.2) is 41.3 Å². The maximum atomic E-state index is 11.1. The largest absolute Gasteiger partial charge is 0.481 e. The van der Waals surface area contributed by atoms with Gasteiger partial charge in [0, 0.05) is 12.8 Å². The summed E-state index contributed by atoms with van der Waals surface area (Å²) in [5.41, 5.74) is 0. The number of fused-ring (bicyclic) bond motifs is 1. The van der Waals surface area contributed by atoms with Gasteiger partial charge in [0.25, 0.3) is 0 Å². The van der Waals surface area contributed by atoms with Gasteiger partial charge in [0.15, 0.2) is 5.79 Å². The Hall–Kier alpha value is -0.650. The Bertz CT molecular complexity index is 309. The zero-order chi connectivity index (χ0) is 11.3. The zero-order valence-electron chi connectivity index (χ0n) is 8.96. The third kappa shape index (κ3) is 1.38. The highest BCUT2D eigenvalue weighted by atomic mass is 16.7. The minimum absolute atomic E-state index is 0.00519. The Morgan fingerprint density at radius 2 is 1.94 bits per heavy atom. The summed E-state index contributed by atoms with van der Waals surface area (Å²) in [4.78, 5) is 11.1. The van der Waals surface area contributed by atoms with Gasteiger partial charge in [-0.05, 0) is 18.3 Å². The molecule has 0 amide bonds. The van der Waals surface area contributed by atoms with Crippen LogP contribution >= 0.6 is 0 Å². The van der Waals surface area contributed by atoms with Crippen molar-refractivity contribution in [1.29, 1.82) is 0 Å². The number of hydrogen-bond acceptors (Lipinski definition) is 4. The molecule has 5 heteroatoms. The van der Waals surface area contributed by atoms with Crippen LogP contribution in [0.25, 0.3) is 0 Å². The molecule has 2 saturated carbocycles. The van der Waals surface area contributed by atoms with E-state index >= 15 is 0 Å². The predicted molar refractivity (Wildman–Crippen MR) is 52.6 cm³/mol. The minimum Gasteiger partial charge on any atom is -0.481 e. The van der Waals surface area contributed by atoms with Crippen LogP contribution in [0.1, 0.15) is 19.3 Å². The number of hydrogen-bond donors (Lipinski definition) is 2. The topological polar surface area (TPSA) is 76.0 Å². The van der Waals surface area contributed by atoms with Crippen molar-refractivity contribution >= 4 is 5.97 Å². The SMILES string of the molecule is O=C(O)[C@@H]1[C@@H]2CC3(C[C@@H]2C[C@H]1O)OCCO3. The van der Waals surface area contributed by atoms with Gasteiger partial charge in [0.05, 0.1) is 25.2 Å². The number of carboxylic acid groups (broad SMARTS) is 1. The van der Waals surface area contributed by atoms with Gasteiger partial charge < -0.3 is 19.7 Å². The van der Waals surface area contributed by atoms with E-state index in [9.17, 15) is 9.90 Å². The first-order valence-corrected chi connectivity index (χ1v) is 5.80. The van der Waals surface area contributed by atoms with Gasteiger partial charge >= 0.3 is 5.97 Å². The number of aliphatic carboxylic acids is 1. The molecule has 1 saturated heterocycles. The summed E-state index contributed by atoms with van der Waals surface area (Å²) < 4.78 is 11.2. The summed E-state index contributed by atoms with van der Waals surface area (Å²) in [6.07, 6.45) is 1.21. The molecular formula is C11H16O5. The highest BCUT2D eigenvalue weighted by molar-refractivity contribution is 5.71. The zero-order valence-corrected chi connectivity index (χ0v) is 8.96. The monoisotopic (exact) mass is 228 g/mol. The fourth-order valence-corrected chi connectivity index (χ4v) is 3.66. The molecular weight excluding hydrogens is 212 g/mol. The van der Waals surface area contributed by atoms with E-state index < -0.39 is 23.8 Å². The van der Waals surface area contributed by atoms with Crippen LogP contribution in [0, 0.1) is 17.8 Å². The summed E-state index contributed by atoms with van der Waals surface area (Å²) in [5, 5.41) is 18.9. The third-order valence-corrected chi connectivity index (χ3v) is 4.24. The Morgan fingerprint density at radius 3 is 2.56 bits per heavy atom.